The number of ether oxygens (including phenoxy) is 1. The van der Waals surface area contributed by atoms with Crippen LogP contribution < -0.4 is 10.5 Å². The van der Waals surface area contributed by atoms with E-state index in [1.54, 1.807) is 18.2 Å². The Morgan fingerprint density at radius 1 is 1.12 bits per heavy atom. The predicted molar refractivity (Wildman–Crippen MR) is 74.8 cm³/mol. The minimum atomic E-state index is 0.583. The fraction of sp³-hybridized carbons (Fsp3) is 0.0769. The minimum absolute atomic E-state index is 0.583. The first-order valence-electron chi connectivity index (χ1n) is 5.05. The second-order valence-electron chi connectivity index (χ2n) is 3.73. The highest BCUT2D eigenvalue weighted by molar-refractivity contribution is 9.10. The molecule has 0 unspecified atom stereocenters. The lowest BCUT2D eigenvalue weighted by Gasteiger charge is -2.10. The van der Waals surface area contributed by atoms with E-state index in [1.165, 1.54) is 0 Å². The van der Waals surface area contributed by atoms with Gasteiger partial charge in [0.05, 0.1) is 9.50 Å². The van der Waals surface area contributed by atoms with Crippen molar-refractivity contribution in [1.29, 1.82) is 0 Å². The molecule has 0 saturated heterocycles. The van der Waals surface area contributed by atoms with Crippen molar-refractivity contribution in [3.8, 4) is 11.5 Å². The molecule has 2 nitrogen and oxygen atoms in total. The summed E-state index contributed by atoms with van der Waals surface area (Å²) in [5.74, 6) is 1.32. The quantitative estimate of drug-likeness (QED) is 0.810. The zero-order valence-corrected chi connectivity index (χ0v) is 11.5. The maximum absolute atomic E-state index is 6.06. The lowest BCUT2D eigenvalue weighted by atomic mass is 10.2. The van der Waals surface area contributed by atoms with E-state index in [4.69, 9.17) is 22.1 Å². The van der Waals surface area contributed by atoms with Gasteiger partial charge < -0.3 is 10.5 Å². The summed E-state index contributed by atoms with van der Waals surface area (Å²) in [4.78, 5) is 0. The highest BCUT2D eigenvalue weighted by Crippen LogP contribution is 2.35. The van der Waals surface area contributed by atoms with Crippen LogP contribution in [0.3, 0.4) is 0 Å². The van der Waals surface area contributed by atoms with Gasteiger partial charge in [-0.3, -0.25) is 0 Å². The minimum Gasteiger partial charge on any atom is -0.455 e. The molecule has 4 heteroatoms. The summed E-state index contributed by atoms with van der Waals surface area (Å²) in [6, 6.07) is 11.0. The Balaban J connectivity index is 2.34. The van der Waals surface area contributed by atoms with Crippen LogP contribution in [0.4, 0.5) is 5.69 Å². The molecule has 0 aliphatic heterocycles. The van der Waals surface area contributed by atoms with E-state index in [0.717, 1.165) is 10.0 Å². The predicted octanol–water partition coefficient (Wildman–Crippen LogP) is 4.79. The van der Waals surface area contributed by atoms with Gasteiger partial charge in [-0.05, 0) is 58.7 Å². The summed E-state index contributed by atoms with van der Waals surface area (Å²) < 4.78 is 6.54. The second-order valence-corrected chi connectivity index (χ2v) is 4.99. The van der Waals surface area contributed by atoms with Gasteiger partial charge in [0.15, 0.2) is 0 Å². The standard InChI is InChI=1S/C13H11BrClNO/c1-8-2-4-11(15)13(6-8)17-12-5-3-9(16)7-10(12)14/h2-7H,16H2,1H3. The summed E-state index contributed by atoms with van der Waals surface area (Å²) in [6.07, 6.45) is 0. The van der Waals surface area contributed by atoms with Crippen molar-refractivity contribution in [3.63, 3.8) is 0 Å². The van der Waals surface area contributed by atoms with E-state index in [0.29, 0.717) is 22.2 Å². The summed E-state index contributed by atoms with van der Waals surface area (Å²) >= 11 is 9.46. The van der Waals surface area contributed by atoms with Crippen molar-refractivity contribution < 1.29 is 4.74 Å². The molecule has 0 radical (unpaired) electrons. The molecular formula is C13H11BrClNO. The van der Waals surface area contributed by atoms with Crippen molar-refractivity contribution in [2.24, 2.45) is 0 Å². The van der Waals surface area contributed by atoms with Crippen molar-refractivity contribution in [3.05, 3.63) is 51.5 Å². The van der Waals surface area contributed by atoms with E-state index >= 15 is 0 Å². The number of benzene rings is 2. The van der Waals surface area contributed by atoms with Crippen LogP contribution >= 0.6 is 27.5 Å². The SMILES string of the molecule is Cc1ccc(Cl)c(Oc2ccc(N)cc2Br)c1. The van der Waals surface area contributed by atoms with Crippen molar-refractivity contribution >= 4 is 33.2 Å². The van der Waals surface area contributed by atoms with Crippen LogP contribution in [0, 0.1) is 6.92 Å². The first-order valence-corrected chi connectivity index (χ1v) is 6.22. The van der Waals surface area contributed by atoms with Gasteiger partial charge in [-0.25, -0.2) is 0 Å². The first kappa shape index (κ1) is 12.3. The van der Waals surface area contributed by atoms with Crippen molar-refractivity contribution in [2.75, 3.05) is 5.73 Å². The number of nitrogens with two attached hydrogens (primary N) is 1. The molecule has 0 amide bonds. The molecule has 0 saturated carbocycles. The van der Waals surface area contributed by atoms with Gasteiger partial charge in [0, 0.05) is 5.69 Å². The van der Waals surface area contributed by atoms with Crippen LogP contribution in [0.2, 0.25) is 5.02 Å². The van der Waals surface area contributed by atoms with Gasteiger partial charge in [0.2, 0.25) is 0 Å². The van der Waals surface area contributed by atoms with E-state index in [-0.39, 0.29) is 0 Å². The molecule has 2 aromatic carbocycles. The smallest absolute Gasteiger partial charge is 0.146 e. The van der Waals surface area contributed by atoms with Crippen molar-refractivity contribution in [2.45, 2.75) is 6.92 Å². The third kappa shape index (κ3) is 2.93. The Morgan fingerprint density at radius 3 is 2.59 bits per heavy atom. The zero-order chi connectivity index (χ0) is 12.4. The van der Waals surface area contributed by atoms with E-state index in [2.05, 4.69) is 15.9 Å². The number of nitrogen functional groups attached to an aromatic ring is 1. The largest absolute Gasteiger partial charge is 0.455 e. The molecule has 0 bridgehead atoms. The van der Waals surface area contributed by atoms with Gasteiger partial charge in [0.1, 0.15) is 11.5 Å². The fourth-order valence-corrected chi connectivity index (χ4v) is 2.04. The van der Waals surface area contributed by atoms with Gasteiger partial charge in [-0.1, -0.05) is 17.7 Å². The van der Waals surface area contributed by atoms with Crippen LogP contribution in [0.25, 0.3) is 0 Å². The molecule has 17 heavy (non-hydrogen) atoms. The van der Waals surface area contributed by atoms with Crippen LogP contribution in [0.15, 0.2) is 40.9 Å². The summed E-state index contributed by atoms with van der Waals surface area (Å²) in [5.41, 5.74) is 7.44. The molecule has 2 N–H and O–H groups in total. The third-order valence-corrected chi connectivity index (χ3v) is 3.19. The highest BCUT2D eigenvalue weighted by atomic mass is 79.9. The second kappa shape index (κ2) is 4.98. The lowest BCUT2D eigenvalue weighted by molar-refractivity contribution is 0.479. The molecule has 0 aliphatic rings. The number of anilines is 1. The topological polar surface area (TPSA) is 35.2 Å². The fourth-order valence-electron chi connectivity index (χ4n) is 1.41. The summed E-state index contributed by atoms with van der Waals surface area (Å²) in [5, 5.41) is 0.583. The number of aryl methyl sites for hydroxylation is 1. The monoisotopic (exact) mass is 311 g/mol. The van der Waals surface area contributed by atoms with Crippen LogP contribution in [0.1, 0.15) is 5.56 Å². The van der Waals surface area contributed by atoms with E-state index < -0.39 is 0 Å². The molecule has 0 aliphatic carbocycles. The number of hydrogen-bond donors (Lipinski definition) is 1. The molecule has 0 spiro atoms. The molecule has 2 aromatic rings. The lowest BCUT2D eigenvalue weighted by Crippen LogP contribution is -1.89. The molecular weight excluding hydrogens is 302 g/mol. The Morgan fingerprint density at radius 2 is 1.88 bits per heavy atom. The van der Waals surface area contributed by atoms with Crippen LogP contribution in [-0.4, -0.2) is 0 Å². The van der Waals surface area contributed by atoms with Gasteiger partial charge in [-0.2, -0.15) is 0 Å². The average molecular weight is 313 g/mol. The molecule has 0 heterocycles. The van der Waals surface area contributed by atoms with E-state index in [9.17, 15) is 0 Å². The van der Waals surface area contributed by atoms with Gasteiger partial charge in [-0.15, -0.1) is 0 Å². The molecule has 0 fully saturated rings. The maximum atomic E-state index is 6.06. The molecule has 0 aromatic heterocycles. The maximum Gasteiger partial charge on any atom is 0.146 e. The summed E-state index contributed by atoms with van der Waals surface area (Å²) in [6.45, 7) is 1.99. The Bertz CT molecular complexity index is 557. The Labute approximate surface area is 113 Å². The Kier molecular flexibility index (Phi) is 3.60. The number of rotatable bonds is 2. The van der Waals surface area contributed by atoms with Crippen molar-refractivity contribution in [1.82, 2.24) is 0 Å². The highest BCUT2D eigenvalue weighted by Gasteiger charge is 2.06. The Hall–Kier alpha value is -1.19. The van der Waals surface area contributed by atoms with Crippen LogP contribution in [-0.2, 0) is 0 Å². The number of halogens is 2. The summed E-state index contributed by atoms with van der Waals surface area (Å²) in [7, 11) is 0. The molecule has 0 atom stereocenters. The van der Waals surface area contributed by atoms with Gasteiger partial charge in [0.25, 0.3) is 0 Å². The normalized spacial score (nSPS) is 10.3. The molecule has 2 rings (SSSR count). The first-order chi connectivity index (χ1) is 8.06. The average Bonchev–Trinajstić information content (AvgIpc) is 2.27. The zero-order valence-electron chi connectivity index (χ0n) is 9.21. The third-order valence-electron chi connectivity index (χ3n) is 2.26. The van der Waals surface area contributed by atoms with Gasteiger partial charge >= 0.3 is 0 Å². The van der Waals surface area contributed by atoms with Crippen LogP contribution in [0.5, 0.6) is 11.5 Å². The molecule has 88 valence electrons. The number of hydrogen-bond acceptors (Lipinski definition) is 2. The van der Waals surface area contributed by atoms with E-state index in [1.807, 2.05) is 25.1 Å².